The standard InChI is InChI=1S/C21H27N5O3S/c22-21(28)25-17-12-18(30-19(17)20(27)24-15-4-2-6-23-13-15)14-3-1-5-16(11-14)26-7-9-29-10-8-26/h1,3,5,11-12,15,23H,2,4,6-10,13H2,(H,24,27)(H3,22,25,28). The third-order valence-electron chi connectivity index (χ3n) is 5.34. The zero-order valence-corrected chi connectivity index (χ0v) is 17.6. The van der Waals surface area contributed by atoms with Crippen LogP contribution < -0.4 is 26.6 Å². The molecule has 2 aromatic rings. The number of ether oxygens (including phenoxy) is 1. The number of hydrogen-bond acceptors (Lipinski definition) is 6. The van der Waals surface area contributed by atoms with Crippen molar-refractivity contribution in [2.24, 2.45) is 5.73 Å². The van der Waals surface area contributed by atoms with Crippen molar-refractivity contribution in [3.8, 4) is 10.4 Å². The van der Waals surface area contributed by atoms with Gasteiger partial charge in [-0.15, -0.1) is 11.3 Å². The van der Waals surface area contributed by atoms with Crippen LogP contribution in [-0.4, -0.2) is 57.4 Å². The Morgan fingerprint density at radius 3 is 2.80 bits per heavy atom. The first-order chi connectivity index (χ1) is 14.6. The predicted octanol–water partition coefficient (Wildman–Crippen LogP) is 2.22. The number of anilines is 2. The van der Waals surface area contributed by atoms with E-state index in [1.807, 2.05) is 18.2 Å². The van der Waals surface area contributed by atoms with E-state index < -0.39 is 6.03 Å². The number of hydrogen-bond donors (Lipinski definition) is 4. The van der Waals surface area contributed by atoms with E-state index >= 15 is 0 Å². The maximum atomic E-state index is 12.9. The van der Waals surface area contributed by atoms with E-state index in [0.717, 1.165) is 68.4 Å². The summed E-state index contributed by atoms with van der Waals surface area (Å²) in [7, 11) is 0. The van der Waals surface area contributed by atoms with Crippen LogP contribution in [-0.2, 0) is 4.74 Å². The molecular weight excluding hydrogens is 402 g/mol. The van der Waals surface area contributed by atoms with Crippen LogP contribution in [0.25, 0.3) is 10.4 Å². The number of amides is 3. The molecule has 2 fully saturated rings. The minimum absolute atomic E-state index is 0.0860. The van der Waals surface area contributed by atoms with Crippen molar-refractivity contribution >= 4 is 34.6 Å². The van der Waals surface area contributed by atoms with Crippen molar-refractivity contribution < 1.29 is 14.3 Å². The van der Waals surface area contributed by atoms with E-state index in [9.17, 15) is 9.59 Å². The molecule has 0 bridgehead atoms. The van der Waals surface area contributed by atoms with E-state index in [-0.39, 0.29) is 11.9 Å². The number of nitrogens with two attached hydrogens (primary N) is 1. The number of piperidine rings is 1. The maximum Gasteiger partial charge on any atom is 0.316 e. The maximum absolute atomic E-state index is 12.9. The van der Waals surface area contributed by atoms with E-state index in [1.54, 1.807) is 0 Å². The molecule has 3 amide bonds. The van der Waals surface area contributed by atoms with Crippen molar-refractivity contribution in [2.45, 2.75) is 18.9 Å². The largest absolute Gasteiger partial charge is 0.378 e. The summed E-state index contributed by atoms with van der Waals surface area (Å²) in [6.45, 7) is 4.87. The van der Waals surface area contributed by atoms with Gasteiger partial charge in [0, 0.05) is 36.2 Å². The van der Waals surface area contributed by atoms with Crippen molar-refractivity contribution in [1.29, 1.82) is 0 Å². The lowest BCUT2D eigenvalue weighted by atomic mass is 10.1. The summed E-state index contributed by atoms with van der Waals surface area (Å²) in [6, 6.07) is 9.43. The lowest BCUT2D eigenvalue weighted by Gasteiger charge is -2.29. The fraction of sp³-hybridized carbons (Fsp3) is 0.429. The molecular formula is C21H27N5O3S. The number of urea groups is 1. The molecule has 30 heavy (non-hydrogen) atoms. The van der Waals surface area contributed by atoms with Gasteiger partial charge in [-0.1, -0.05) is 12.1 Å². The molecule has 2 aliphatic rings. The molecule has 1 aromatic heterocycles. The smallest absolute Gasteiger partial charge is 0.316 e. The molecule has 2 aliphatic heterocycles. The first-order valence-corrected chi connectivity index (χ1v) is 11.1. The third-order valence-corrected chi connectivity index (χ3v) is 6.52. The van der Waals surface area contributed by atoms with Crippen LogP contribution in [0.2, 0.25) is 0 Å². The summed E-state index contributed by atoms with van der Waals surface area (Å²) in [5, 5.41) is 8.97. The van der Waals surface area contributed by atoms with Crippen LogP contribution in [0.4, 0.5) is 16.2 Å². The summed E-state index contributed by atoms with van der Waals surface area (Å²) >= 11 is 1.36. The molecule has 1 atom stereocenters. The first kappa shape index (κ1) is 20.6. The number of benzene rings is 1. The van der Waals surface area contributed by atoms with E-state index in [2.05, 4.69) is 33.0 Å². The van der Waals surface area contributed by atoms with Gasteiger partial charge >= 0.3 is 6.03 Å². The van der Waals surface area contributed by atoms with Gasteiger partial charge in [0.15, 0.2) is 0 Å². The van der Waals surface area contributed by atoms with Gasteiger partial charge in [-0.25, -0.2) is 4.79 Å². The summed E-state index contributed by atoms with van der Waals surface area (Å²) < 4.78 is 5.44. The van der Waals surface area contributed by atoms with Gasteiger partial charge in [-0.05, 0) is 43.1 Å². The number of thiophene rings is 1. The van der Waals surface area contributed by atoms with Gasteiger partial charge in [-0.3, -0.25) is 4.79 Å². The number of nitrogens with zero attached hydrogens (tertiary/aromatic N) is 1. The number of nitrogens with one attached hydrogen (secondary N) is 3. The van der Waals surface area contributed by atoms with Crippen LogP contribution in [0.5, 0.6) is 0 Å². The summed E-state index contributed by atoms with van der Waals surface area (Å²) in [5.41, 5.74) is 7.90. The fourth-order valence-electron chi connectivity index (χ4n) is 3.83. The monoisotopic (exact) mass is 429 g/mol. The summed E-state index contributed by atoms with van der Waals surface area (Å²) in [6.07, 6.45) is 1.97. The molecule has 0 radical (unpaired) electrons. The Kier molecular flexibility index (Phi) is 6.51. The lowest BCUT2D eigenvalue weighted by Crippen LogP contribution is -2.45. The van der Waals surface area contributed by atoms with Crippen LogP contribution in [0.15, 0.2) is 30.3 Å². The lowest BCUT2D eigenvalue weighted by molar-refractivity contribution is 0.0935. The Hall–Kier alpha value is -2.62. The molecule has 0 aliphatic carbocycles. The number of morpholine rings is 1. The highest BCUT2D eigenvalue weighted by atomic mass is 32.1. The van der Waals surface area contributed by atoms with E-state index in [1.165, 1.54) is 11.3 Å². The molecule has 160 valence electrons. The van der Waals surface area contributed by atoms with Gasteiger partial charge < -0.3 is 31.3 Å². The number of primary amides is 1. The van der Waals surface area contributed by atoms with Crippen molar-refractivity contribution in [2.75, 3.05) is 49.6 Å². The molecule has 0 saturated carbocycles. The van der Waals surface area contributed by atoms with Gasteiger partial charge in [0.05, 0.1) is 18.9 Å². The summed E-state index contributed by atoms with van der Waals surface area (Å²) in [5.74, 6) is -0.187. The topological polar surface area (TPSA) is 109 Å². The molecule has 4 rings (SSSR count). The second-order valence-electron chi connectivity index (χ2n) is 7.51. The van der Waals surface area contributed by atoms with E-state index in [4.69, 9.17) is 10.5 Å². The molecule has 8 nitrogen and oxygen atoms in total. The van der Waals surface area contributed by atoms with E-state index in [0.29, 0.717) is 10.6 Å². The fourth-order valence-corrected chi connectivity index (χ4v) is 4.84. The Labute approximate surface area is 179 Å². The molecule has 0 spiro atoms. The molecule has 2 saturated heterocycles. The van der Waals surface area contributed by atoms with Crippen LogP contribution in [0.3, 0.4) is 0 Å². The number of carbonyl (C=O) groups excluding carboxylic acids is 2. The predicted molar refractivity (Wildman–Crippen MR) is 119 cm³/mol. The minimum Gasteiger partial charge on any atom is -0.378 e. The van der Waals surface area contributed by atoms with Gasteiger partial charge in [0.2, 0.25) is 0 Å². The average Bonchev–Trinajstić information content (AvgIpc) is 3.18. The number of rotatable bonds is 5. The van der Waals surface area contributed by atoms with Crippen LogP contribution in [0.1, 0.15) is 22.5 Å². The van der Waals surface area contributed by atoms with Gasteiger partial charge in [0.25, 0.3) is 5.91 Å². The van der Waals surface area contributed by atoms with Crippen molar-refractivity contribution in [3.63, 3.8) is 0 Å². The second kappa shape index (κ2) is 9.46. The Balaban J connectivity index is 1.59. The molecule has 9 heteroatoms. The quantitative estimate of drug-likeness (QED) is 0.583. The molecule has 1 unspecified atom stereocenters. The van der Waals surface area contributed by atoms with Gasteiger partial charge in [-0.2, -0.15) is 0 Å². The minimum atomic E-state index is -0.685. The highest BCUT2D eigenvalue weighted by Crippen LogP contribution is 2.36. The van der Waals surface area contributed by atoms with Crippen molar-refractivity contribution in [3.05, 3.63) is 35.2 Å². The molecule has 1 aromatic carbocycles. The zero-order valence-electron chi connectivity index (χ0n) is 16.8. The van der Waals surface area contributed by atoms with Gasteiger partial charge in [0.1, 0.15) is 4.88 Å². The average molecular weight is 430 g/mol. The van der Waals surface area contributed by atoms with Crippen LogP contribution in [0, 0.1) is 0 Å². The second-order valence-corrected chi connectivity index (χ2v) is 8.56. The Morgan fingerprint density at radius 1 is 1.23 bits per heavy atom. The third kappa shape index (κ3) is 4.92. The van der Waals surface area contributed by atoms with Crippen LogP contribution >= 0.6 is 11.3 Å². The Bertz CT molecular complexity index is 904. The highest BCUT2D eigenvalue weighted by Gasteiger charge is 2.22. The SMILES string of the molecule is NC(=O)Nc1cc(-c2cccc(N3CCOCC3)c2)sc1C(=O)NC1CCCNC1. The Morgan fingerprint density at radius 2 is 2.07 bits per heavy atom. The van der Waals surface area contributed by atoms with Crippen molar-refractivity contribution in [1.82, 2.24) is 10.6 Å². The highest BCUT2D eigenvalue weighted by molar-refractivity contribution is 7.18. The summed E-state index contributed by atoms with van der Waals surface area (Å²) in [4.78, 5) is 28.1. The number of carbonyl (C=O) groups is 2. The zero-order chi connectivity index (χ0) is 20.9. The molecule has 3 heterocycles. The first-order valence-electron chi connectivity index (χ1n) is 10.2. The molecule has 5 N–H and O–H groups in total. The normalized spacial score (nSPS) is 19.3.